The third-order valence-corrected chi connectivity index (χ3v) is 5.32. The summed E-state index contributed by atoms with van der Waals surface area (Å²) in [5.41, 5.74) is 7.53. The standard InChI is InChI=1S/C17H22N4OS.2ClH/c18-10-12-4-3-5-13(12)17(22)20-9-7-16-21-15(11-23-16)14-6-1-2-8-19-14;;/h1-2,6,8,11-13H,3-5,7,9-10,18H2,(H,20,22);2*1H/t12-,13-;;/m1../s1. The van der Waals surface area contributed by atoms with Crippen molar-refractivity contribution in [2.75, 3.05) is 13.1 Å². The number of pyridine rings is 1. The van der Waals surface area contributed by atoms with E-state index in [2.05, 4.69) is 15.3 Å². The number of nitrogens with two attached hydrogens (primary N) is 1. The average Bonchev–Trinajstić information content (AvgIpc) is 3.24. The molecule has 8 heteroatoms. The monoisotopic (exact) mass is 402 g/mol. The number of nitrogens with zero attached hydrogens (tertiary/aromatic N) is 2. The van der Waals surface area contributed by atoms with Gasteiger partial charge in [0.2, 0.25) is 5.91 Å². The first-order chi connectivity index (χ1) is 11.3. The molecule has 1 amide bonds. The summed E-state index contributed by atoms with van der Waals surface area (Å²) in [5.74, 6) is 0.602. The van der Waals surface area contributed by atoms with Crippen LogP contribution in [0.25, 0.3) is 11.4 Å². The average molecular weight is 403 g/mol. The molecule has 5 nitrogen and oxygen atoms in total. The van der Waals surface area contributed by atoms with Crippen LogP contribution in [0.15, 0.2) is 29.8 Å². The molecule has 1 aliphatic rings. The third kappa shape index (κ3) is 5.64. The highest BCUT2D eigenvalue weighted by atomic mass is 35.5. The van der Waals surface area contributed by atoms with E-state index >= 15 is 0 Å². The molecule has 0 unspecified atom stereocenters. The molecule has 1 saturated carbocycles. The van der Waals surface area contributed by atoms with Gasteiger partial charge in [-0.15, -0.1) is 36.2 Å². The molecular weight excluding hydrogens is 379 g/mol. The fraction of sp³-hybridized carbons (Fsp3) is 0.471. The molecule has 3 N–H and O–H groups in total. The number of hydrogen-bond donors (Lipinski definition) is 2. The molecule has 1 aliphatic carbocycles. The van der Waals surface area contributed by atoms with Gasteiger partial charge in [-0.3, -0.25) is 9.78 Å². The number of amides is 1. The van der Waals surface area contributed by atoms with Crippen molar-refractivity contribution in [3.63, 3.8) is 0 Å². The molecule has 3 rings (SSSR count). The lowest BCUT2D eigenvalue weighted by atomic mass is 9.95. The SMILES string of the molecule is Cl.Cl.NC[C@H]1CCC[C@H]1C(=O)NCCc1nc(-c2ccccn2)cs1. The largest absolute Gasteiger partial charge is 0.355 e. The number of nitrogens with one attached hydrogen (secondary N) is 1. The first-order valence-electron chi connectivity index (χ1n) is 8.11. The second kappa shape index (κ2) is 10.7. The Morgan fingerprint density at radius 2 is 2.12 bits per heavy atom. The molecule has 138 valence electrons. The Kier molecular flexibility index (Phi) is 9.35. The summed E-state index contributed by atoms with van der Waals surface area (Å²) in [7, 11) is 0. The number of rotatable bonds is 6. The number of carbonyl (C=O) groups is 1. The van der Waals surface area contributed by atoms with E-state index in [9.17, 15) is 4.79 Å². The topological polar surface area (TPSA) is 80.9 Å². The number of aromatic nitrogens is 2. The summed E-state index contributed by atoms with van der Waals surface area (Å²) in [6.45, 7) is 1.24. The van der Waals surface area contributed by atoms with E-state index in [0.29, 0.717) is 19.0 Å². The third-order valence-electron chi connectivity index (χ3n) is 4.42. The first kappa shape index (κ1) is 21.8. The zero-order valence-corrected chi connectivity index (χ0v) is 16.3. The van der Waals surface area contributed by atoms with Crippen molar-refractivity contribution >= 4 is 42.1 Å². The maximum absolute atomic E-state index is 12.2. The van der Waals surface area contributed by atoms with Gasteiger partial charge in [-0.2, -0.15) is 0 Å². The van der Waals surface area contributed by atoms with Crippen molar-refractivity contribution in [3.05, 3.63) is 34.8 Å². The summed E-state index contributed by atoms with van der Waals surface area (Å²) in [6.07, 6.45) is 5.68. The highest BCUT2D eigenvalue weighted by molar-refractivity contribution is 7.09. The lowest BCUT2D eigenvalue weighted by Crippen LogP contribution is -2.36. The number of carbonyl (C=O) groups excluding carboxylic acids is 1. The maximum atomic E-state index is 12.2. The van der Waals surface area contributed by atoms with Crippen LogP contribution in [-0.4, -0.2) is 29.0 Å². The molecule has 2 aromatic rings. The number of hydrogen-bond acceptors (Lipinski definition) is 5. The van der Waals surface area contributed by atoms with Crippen LogP contribution >= 0.6 is 36.2 Å². The summed E-state index contributed by atoms with van der Waals surface area (Å²) >= 11 is 1.61. The molecular formula is C17H24Cl2N4OS. The minimum Gasteiger partial charge on any atom is -0.355 e. The van der Waals surface area contributed by atoms with E-state index in [4.69, 9.17) is 5.73 Å². The molecule has 25 heavy (non-hydrogen) atoms. The maximum Gasteiger partial charge on any atom is 0.223 e. The Balaban J connectivity index is 0.00000156. The van der Waals surface area contributed by atoms with E-state index in [1.165, 1.54) is 0 Å². The van der Waals surface area contributed by atoms with Crippen LogP contribution in [0.3, 0.4) is 0 Å². The van der Waals surface area contributed by atoms with Gasteiger partial charge in [-0.05, 0) is 37.4 Å². The Morgan fingerprint density at radius 1 is 1.28 bits per heavy atom. The van der Waals surface area contributed by atoms with Crippen LogP contribution in [0.2, 0.25) is 0 Å². The second-order valence-corrected chi connectivity index (χ2v) is 6.86. The van der Waals surface area contributed by atoms with Crippen LogP contribution in [0, 0.1) is 11.8 Å². The van der Waals surface area contributed by atoms with Crippen LogP contribution in [-0.2, 0) is 11.2 Å². The quantitative estimate of drug-likeness (QED) is 0.777. The lowest BCUT2D eigenvalue weighted by molar-refractivity contribution is -0.125. The van der Waals surface area contributed by atoms with E-state index in [1.807, 2.05) is 23.6 Å². The molecule has 0 bridgehead atoms. The Hall–Kier alpha value is -1.21. The molecule has 1 fully saturated rings. The van der Waals surface area contributed by atoms with E-state index in [1.54, 1.807) is 17.5 Å². The van der Waals surface area contributed by atoms with Crippen molar-refractivity contribution in [2.24, 2.45) is 17.6 Å². The van der Waals surface area contributed by atoms with Gasteiger partial charge < -0.3 is 11.1 Å². The van der Waals surface area contributed by atoms with E-state index in [0.717, 1.165) is 42.1 Å². The Bertz CT molecular complexity index is 653. The van der Waals surface area contributed by atoms with Crippen LogP contribution in [0.1, 0.15) is 24.3 Å². The molecule has 0 spiro atoms. The Labute approximate surface area is 164 Å². The molecule has 2 aromatic heterocycles. The first-order valence-corrected chi connectivity index (χ1v) is 8.99. The van der Waals surface area contributed by atoms with Crippen molar-refractivity contribution in [1.29, 1.82) is 0 Å². The van der Waals surface area contributed by atoms with Crippen molar-refractivity contribution in [2.45, 2.75) is 25.7 Å². The van der Waals surface area contributed by atoms with E-state index < -0.39 is 0 Å². The van der Waals surface area contributed by atoms with Gasteiger partial charge in [0.25, 0.3) is 0 Å². The normalized spacial score (nSPS) is 18.9. The fourth-order valence-corrected chi connectivity index (χ4v) is 3.94. The van der Waals surface area contributed by atoms with Crippen molar-refractivity contribution in [1.82, 2.24) is 15.3 Å². The summed E-state index contributed by atoms with van der Waals surface area (Å²) in [6, 6.07) is 5.80. The summed E-state index contributed by atoms with van der Waals surface area (Å²) < 4.78 is 0. The van der Waals surface area contributed by atoms with Crippen LogP contribution in [0.5, 0.6) is 0 Å². The van der Waals surface area contributed by atoms with Crippen LogP contribution in [0.4, 0.5) is 0 Å². The zero-order valence-electron chi connectivity index (χ0n) is 13.9. The number of halogens is 2. The molecule has 0 aliphatic heterocycles. The van der Waals surface area contributed by atoms with Crippen LogP contribution < -0.4 is 11.1 Å². The highest BCUT2D eigenvalue weighted by Crippen LogP contribution is 2.30. The lowest BCUT2D eigenvalue weighted by Gasteiger charge is -2.17. The second-order valence-electron chi connectivity index (χ2n) is 5.92. The van der Waals surface area contributed by atoms with Gasteiger partial charge >= 0.3 is 0 Å². The predicted molar refractivity (Wildman–Crippen MR) is 106 cm³/mol. The summed E-state index contributed by atoms with van der Waals surface area (Å²) in [5, 5.41) is 6.08. The molecule has 0 saturated heterocycles. The minimum atomic E-state index is 0. The highest BCUT2D eigenvalue weighted by Gasteiger charge is 2.31. The zero-order chi connectivity index (χ0) is 16.1. The van der Waals surface area contributed by atoms with E-state index in [-0.39, 0.29) is 36.6 Å². The molecule has 2 atom stereocenters. The minimum absolute atomic E-state index is 0. The molecule has 0 aromatic carbocycles. The van der Waals surface area contributed by atoms with Gasteiger partial charge in [0.15, 0.2) is 0 Å². The fourth-order valence-electron chi connectivity index (χ4n) is 3.15. The van der Waals surface area contributed by atoms with Gasteiger partial charge in [-0.1, -0.05) is 12.5 Å². The van der Waals surface area contributed by atoms with Crippen molar-refractivity contribution < 1.29 is 4.79 Å². The number of thiazole rings is 1. The molecule has 0 radical (unpaired) electrons. The summed E-state index contributed by atoms with van der Waals surface area (Å²) in [4.78, 5) is 21.1. The predicted octanol–water partition coefficient (Wildman–Crippen LogP) is 3.08. The smallest absolute Gasteiger partial charge is 0.223 e. The van der Waals surface area contributed by atoms with Crippen molar-refractivity contribution in [3.8, 4) is 11.4 Å². The van der Waals surface area contributed by atoms with Gasteiger partial charge in [0.05, 0.1) is 16.4 Å². The molecule has 2 heterocycles. The Morgan fingerprint density at radius 3 is 2.84 bits per heavy atom. The van der Waals surface area contributed by atoms with Gasteiger partial charge in [0.1, 0.15) is 0 Å². The van der Waals surface area contributed by atoms with Gasteiger partial charge in [0, 0.05) is 30.5 Å². The van der Waals surface area contributed by atoms with Gasteiger partial charge in [-0.25, -0.2) is 4.98 Å².